The summed E-state index contributed by atoms with van der Waals surface area (Å²) in [7, 11) is 0. The standard InChI is InChI=1S/C22H18F2N4O2/c23-22(24,13-29)18-2-1-3-19(12-18)27-21(30)10-15-4-6-16(7-5-15)17-8-9-28-20(11-17)25-14-26-28/h1-9,11-12,14,29H,10,13H2,(H,27,30). The zero-order chi connectivity index (χ0) is 21.1. The van der Waals surface area contributed by atoms with Crippen molar-refractivity contribution in [3.05, 3.63) is 84.3 Å². The molecule has 0 spiro atoms. The molecule has 2 N–H and O–H groups in total. The number of amides is 1. The van der Waals surface area contributed by atoms with Crippen LogP contribution in [0.1, 0.15) is 11.1 Å². The van der Waals surface area contributed by atoms with Crippen molar-refractivity contribution >= 4 is 17.2 Å². The van der Waals surface area contributed by atoms with Crippen molar-refractivity contribution in [1.82, 2.24) is 14.6 Å². The van der Waals surface area contributed by atoms with E-state index in [0.717, 1.165) is 28.4 Å². The molecule has 152 valence electrons. The van der Waals surface area contributed by atoms with Crippen molar-refractivity contribution in [3.8, 4) is 11.1 Å². The lowest BCUT2D eigenvalue weighted by Crippen LogP contribution is -2.19. The van der Waals surface area contributed by atoms with Crippen LogP contribution in [0.5, 0.6) is 0 Å². The first-order valence-corrected chi connectivity index (χ1v) is 9.22. The van der Waals surface area contributed by atoms with Gasteiger partial charge in [0, 0.05) is 17.4 Å². The number of fused-ring (bicyclic) bond motifs is 1. The number of alkyl halides is 2. The number of pyridine rings is 1. The second-order valence-electron chi connectivity index (χ2n) is 6.84. The molecule has 0 saturated heterocycles. The third kappa shape index (κ3) is 4.18. The van der Waals surface area contributed by atoms with Gasteiger partial charge in [-0.1, -0.05) is 36.4 Å². The van der Waals surface area contributed by atoms with E-state index in [1.807, 2.05) is 42.6 Å². The van der Waals surface area contributed by atoms with Crippen LogP contribution in [0.15, 0.2) is 73.2 Å². The zero-order valence-corrected chi connectivity index (χ0v) is 15.8. The molecule has 2 aromatic carbocycles. The number of carbonyl (C=O) groups is 1. The van der Waals surface area contributed by atoms with E-state index >= 15 is 0 Å². The minimum absolute atomic E-state index is 0.101. The van der Waals surface area contributed by atoms with Gasteiger partial charge in [0.05, 0.1) is 6.42 Å². The second-order valence-corrected chi connectivity index (χ2v) is 6.84. The molecule has 30 heavy (non-hydrogen) atoms. The van der Waals surface area contributed by atoms with E-state index in [4.69, 9.17) is 5.11 Å². The minimum Gasteiger partial charge on any atom is -0.390 e. The van der Waals surface area contributed by atoms with E-state index in [1.54, 1.807) is 4.52 Å². The highest BCUT2D eigenvalue weighted by Crippen LogP contribution is 2.29. The van der Waals surface area contributed by atoms with E-state index < -0.39 is 12.5 Å². The molecule has 2 heterocycles. The molecule has 0 unspecified atom stereocenters. The molecule has 4 rings (SSSR count). The largest absolute Gasteiger partial charge is 0.390 e. The lowest BCUT2D eigenvalue weighted by atomic mass is 10.0. The molecule has 0 aliphatic heterocycles. The summed E-state index contributed by atoms with van der Waals surface area (Å²) >= 11 is 0. The summed E-state index contributed by atoms with van der Waals surface area (Å²) in [5, 5.41) is 15.5. The SMILES string of the molecule is O=C(Cc1ccc(-c2ccn3ncnc3c2)cc1)Nc1cccc(C(F)(F)CO)c1. The third-order valence-corrected chi connectivity index (χ3v) is 4.70. The fourth-order valence-corrected chi connectivity index (χ4v) is 3.12. The summed E-state index contributed by atoms with van der Waals surface area (Å²) in [4.78, 5) is 16.5. The number of nitrogens with zero attached hydrogens (tertiary/aromatic N) is 3. The highest BCUT2D eigenvalue weighted by atomic mass is 19.3. The molecule has 0 aliphatic rings. The van der Waals surface area contributed by atoms with Crippen molar-refractivity contribution in [2.45, 2.75) is 12.3 Å². The predicted octanol–water partition coefficient (Wildman–Crippen LogP) is 3.66. The first-order valence-electron chi connectivity index (χ1n) is 9.22. The van der Waals surface area contributed by atoms with Gasteiger partial charge in [-0.25, -0.2) is 9.50 Å². The molecule has 2 aromatic heterocycles. The van der Waals surface area contributed by atoms with Gasteiger partial charge in [0.25, 0.3) is 5.92 Å². The molecular weight excluding hydrogens is 390 g/mol. The predicted molar refractivity (Wildman–Crippen MR) is 108 cm³/mol. The van der Waals surface area contributed by atoms with Crippen LogP contribution in [0, 0.1) is 0 Å². The van der Waals surface area contributed by atoms with Gasteiger partial charge in [0.2, 0.25) is 5.91 Å². The molecule has 0 fully saturated rings. The molecular formula is C22H18F2N4O2. The van der Waals surface area contributed by atoms with Crippen molar-refractivity contribution < 1.29 is 18.7 Å². The Morgan fingerprint density at radius 3 is 2.63 bits per heavy atom. The summed E-state index contributed by atoms with van der Waals surface area (Å²) in [6.07, 6.45) is 3.42. The molecule has 1 amide bonds. The maximum Gasteiger partial charge on any atom is 0.295 e. The maximum atomic E-state index is 13.6. The number of benzene rings is 2. The average Bonchev–Trinajstić information content (AvgIpc) is 3.22. The van der Waals surface area contributed by atoms with E-state index in [0.29, 0.717) is 0 Å². The van der Waals surface area contributed by atoms with E-state index in [9.17, 15) is 13.6 Å². The number of rotatable bonds is 6. The third-order valence-electron chi connectivity index (χ3n) is 4.70. The Balaban J connectivity index is 1.43. The van der Waals surface area contributed by atoms with Gasteiger partial charge in [-0.3, -0.25) is 4.79 Å². The number of aliphatic hydroxyl groups excluding tert-OH is 1. The van der Waals surface area contributed by atoms with Crippen LogP contribution < -0.4 is 5.32 Å². The van der Waals surface area contributed by atoms with Gasteiger partial charge in [0.15, 0.2) is 5.65 Å². The van der Waals surface area contributed by atoms with Crippen molar-refractivity contribution in [3.63, 3.8) is 0 Å². The van der Waals surface area contributed by atoms with Gasteiger partial charge in [-0.05, 0) is 41.0 Å². The quantitative estimate of drug-likeness (QED) is 0.510. The van der Waals surface area contributed by atoms with Crippen LogP contribution >= 0.6 is 0 Å². The topological polar surface area (TPSA) is 79.5 Å². The Hall–Kier alpha value is -3.65. The van der Waals surface area contributed by atoms with E-state index in [2.05, 4.69) is 15.4 Å². The van der Waals surface area contributed by atoms with Gasteiger partial charge in [0.1, 0.15) is 12.9 Å². The van der Waals surface area contributed by atoms with Crippen LogP contribution in [-0.2, 0) is 17.1 Å². The van der Waals surface area contributed by atoms with E-state index in [-0.39, 0.29) is 23.6 Å². The van der Waals surface area contributed by atoms with E-state index in [1.165, 1.54) is 24.5 Å². The van der Waals surface area contributed by atoms with Crippen LogP contribution in [0.3, 0.4) is 0 Å². The number of hydrogen-bond donors (Lipinski definition) is 2. The summed E-state index contributed by atoms with van der Waals surface area (Å²) in [6.45, 7) is -1.29. The van der Waals surface area contributed by atoms with Crippen LogP contribution in [0.2, 0.25) is 0 Å². The summed E-state index contributed by atoms with van der Waals surface area (Å²) in [5.74, 6) is -3.68. The average molecular weight is 408 g/mol. The Morgan fingerprint density at radius 2 is 1.87 bits per heavy atom. The van der Waals surface area contributed by atoms with Crippen LogP contribution in [-0.4, -0.2) is 32.2 Å². The molecule has 0 atom stereocenters. The molecule has 0 aliphatic carbocycles. The number of aliphatic hydroxyl groups is 1. The van der Waals surface area contributed by atoms with Gasteiger partial charge in [-0.2, -0.15) is 13.9 Å². The van der Waals surface area contributed by atoms with Crippen LogP contribution in [0.4, 0.5) is 14.5 Å². The number of hydrogen-bond acceptors (Lipinski definition) is 4. The van der Waals surface area contributed by atoms with Crippen molar-refractivity contribution in [2.75, 3.05) is 11.9 Å². The van der Waals surface area contributed by atoms with Crippen molar-refractivity contribution in [1.29, 1.82) is 0 Å². The molecule has 0 radical (unpaired) electrons. The molecule has 0 saturated carbocycles. The Morgan fingerprint density at radius 1 is 1.07 bits per heavy atom. The lowest BCUT2D eigenvalue weighted by Gasteiger charge is -2.15. The summed E-state index contributed by atoms with van der Waals surface area (Å²) < 4.78 is 28.9. The monoisotopic (exact) mass is 408 g/mol. The first-order chi connectivity index (χ1) is 14.4. The number of halogens is 2. The van der Waals surface area contributed by atoms with Gasteiger partial charge >= 0.3 is 0 Å². The highest BCUT2D eigenvalue weighted by Gasteiger charge is 2.30. The first kappa shape index (κ1) is 19.7. The Kier molecular flexibility index (Phi) is 5.24. The smallest absolute Gasteiger partial charge is 0.295 e. The number of carbonyl (C=O) groups excluding carboxylic acids is 1. The normalized spacial score (nSPS) is 11.6. The summed E-state index contributed by atoms with van der Waals surface area (Å²) in [6, 6.07) is 16.7. The van der Waals surface area contributed by atoms with Gasteiger partial charge < -0.3 is 10.4 Å². The molecule has 8 heteroatoms. The Labute approximate surface area is 170 Å². The fraction of sp³-hybridized carbons (Fsp3) is 0.136. The Bertz CT molecular complexity index is 1190. The number of nitrogens with one attached hydrogen (secondary N) is 1. The highest BCUT2D eigenvalue weighted by molar-refractivity contribution is 5.92. The number of anilines is 1. The molecule has 6 nitrogen and oxygen atoms in total. The van der Waals surface area contributed by atoms with Gasteiger partial charge in [-0.15, -0.1) is 0 Å². The minimum atomic E-state index is -3.36. The number of aromatic nitrogens is 3. The molecule has 0 bridgehead atoms. The fourth-order valence-electron chi connectivity index (χ4n) is 3.12. The lowest BCUT2D eigenvalue weighted by molar-refractivity contribution is -0.115. The maximum absolute atomic E-state index is 13.6. The zero-order valence-electron chi connectivity index (χ0n) is 15.8. The van der Waals surface area contributed by atoms with Crippen molar-refractivity contribution in [2.24, 2.45) is 0 Å². The molecule has 4 aromatic rings. The summed E-state index contributed by atoms with van der Waals surface area (Å²) in [5.41, 5.74) is 3.39. The second kappa shape index (κ2) is 8.00. The van der Waals surface area contributed by atoms with Crippen LogP contribution in [0.25, 0.3) is 16.8 Å².